The van der Waals surface area contributed by atoms with Crippen LogP contribution in [-0.4, -0.2) is 43.7 Å². The molecule has 4 nitrogen and oxygen atoms in total. The Morgan fingerprint density at radius 2 is 2.31 bits per heavy atom. The fraction of sp³-hybridized carbons (Fsp3) is 1.00. The highest BCUT2D eigenvalue weighted by Gasteiger charge is 2.28. The Labute approximate surface area is 79.3 Å². The normalized spacial score (nSPS) is 28.9. The molecule has 0 amide bonds. The van der Waals surface area contributed by atoms with Crippen molar-refractivity contribution in [3.63, 3.8) is 0 Å². The summed E-state index contributed by atoms with van der Waals surface area (Å²) in [6, 6.07) is 0.0837. The van der Waals surface area contributed by atoms with Gasteiger partial charge < -0.3 is 10.4 Å². The SMILES string of the molecule is CCC(CO)NC1CCS(=O)(=O)C1. The summed E-state index contributed by atoms with van der Waals surface area (Å²) in [7, 11) is -2.80. The molecular weight excluding hydrogens is 190 g/mol. The molecule has 0 aromatic carbocycles. The van der Waals surface area contributed by atoms with Crippen LogP contribution in [-0.2, 0) is 9.84 Å². The molecule has 2 N–H and O–H groups in total. The second-order valence-corrected chi connectivity index (χ2v) is 5.78. The summed E-state index contributed by atoms with van der Waals surface area (Å²) in [5.41, 5.74) is 0. The predicted molar refractivity (Wildman–Crippen MR) is 51.4 cm³/mol. The number of hydrogen-bond acceptors (Lipinski definition) is 4. The lowest BCUT2D eigenvalue weighted by molar-refractivity contribution is 0.230. The van der Waals surface area contributed by atoms with Crippen molar-refractivity contribution in [1.82, 2.24) is 5.32 Å². The van der Waals surface area contributed by atoms with Gasteiger partial charge in [-0.05, 0) is 12.8 Å². The van der Waals surface area contributed by atoms with E-state index in [1.165, 1.54) is 0 Å². The summed E-state index contributed by atoms with van der Waals surface area (Å²) in [6.45, 7) is 2.05. The highest BCUT2D eigenvalue weighted by Crippen LogP contribution is 2.12. The van der Waals surface area contributed by atoms with E-state index in [0.717, 1.165) is 6.42 Å². The highest BCUT2D eigenvalue weighted by atomic mass is 32.2. The fourth-order valence-corrected chi connectivity index (χ4v) is 3.25. The summed E-state index contributed by atoms with van der Waals surface area (Å²) in [5, 5.41) is 12.0. The van der Waals surface area contributed by atoms with Gasteiger partial charge in [-0.2, -0.15) is 0 Å². The zero-order valence-corrected chi connectivity index (χ0v) is 8.68. The van der Waals surface area contributed by atoms with E-state index in [0.29, 0.717) is 6.42 Å². The highest BCUT2D eigenvalue weighted by molar-refractivity contribution is 7.91. The molecule has 0 aromatic heterocycles. The molecule has 0 bridgehead atoms. The van der Waals surface area contributed by atoms with Gasteiger partial charge in [-0.25, -0.2) is 8.42 Å². The minimum absolute atomic E-state index is 0.0401. The third kappa shape index (κ3) is 3.25. The topological polar surface area (TPSA) is 66.4 Å². The van der Waals surface area contributed by atoms with Crippen LogP contribution in [0, 0.1) is 0 Å². The summed E-state index contributed by atoms with van der Waals surface area (Å²) < 4.78 is 22.2. The zero-order valence-electron chi connectivity index (χ0n) is 7.86. The minimum atomic E-state index is -2.80. The molecule has 5 heteroatoms. The third-order valence-electron chi connectivity index (χ3n) is 2.42. The Kier molecular flexibility index (Phi) is 3.70. The van der Waals surface area contributed by atoms with E-state index in [1.807, 2.05) is 6.92 Å². The average Bonchev–Trinajstić information content (AvgIpc) is 2.41. The molecule has 1 rings (SSSR count). The zero-order chi connectivity index (χ0) is 9.90. The fourth-order valence-electron chi connectivity index (χ4n) is 1.56. The molecule has 1 fully saturated rings. The van der Waals surface area contributed by atoms with Crippen LogP contribution in [0.1, 0.15) is 19.8 Å². The monoisotopic (exact) mass is 207 g/mol. The maximum absolute atomic E-state index is 11.1. The van der Waals surface area contributed by atoms with E-state index >= 15 is 0 Å². The predicted octanol–water partition coefficient (Wildman–Crippen LogP) is -0.466. The van der Waals surface area contributed by atoms with Crippen molar-refractivity contribution in [3.05, 3.63) is 0 Å². The molecule has 13 heavy (non-hydrogen) atoms. The second kappa shape index (κ2) is 4.39. The van der Waals surface area contributed by atoms with Crippen LogP contribution in [0.2, 0.25) is 0 Å². The average molecular weight is 207 g/mol. The van der Waals surface area contributed by atoms with Crippen molar-refractivity contribution in [2.24, 2.45) is 0 Å². The summed E-state index contributed by atoms with van der Waals surface area (Å²) in [5.74, 6) is 0.510. The van der Waals surface area contributed by atoms with Gasteiger partial charge in [-0.1, -0.05) is 6.92 Å². The van der Waals surface area contributed by atoms with Crippen molar-refractivity contribution < 1.29 is 13.5 Å². The molecule has 1 aliphatic rings. The number of rotatable bonds is 4. The molecule has 1 heterocycles. The molecular formula is C8H17NO3S. The van der Waals surface area contributed by atoms with E-state index in [4.69, 9.17) is 5.11 Å². The summed E-state index contributed by atoms with van der Waals surface area (Å²) in [6.07, 6.45) is 1.51. The van der Waals surface area contributed by atoms with Gasteiger partial charge in [0.05, 0.1) is 18.1 Å². The Morgan fingerprint density at radius 1 is 1.62 bits per heavy atom. The molecule has 2 unspecified atom stereocenters. The maximum Gasteiger partial charge on any atom is 0.151 e. The molecule has 2 atom stereocenters. The first-order chi connectivity index (χ1) is 6.07. The molecule has 1 aliphatic heterocycles. The number of aliphatic hydroxyl groups excluding tert-OH is 1. The lowest BCUT2D eigenvalue weighted by Gasteiger charge is -2.18. The van der Waals surface area contributed by atoms with E-state index in [2.05, 4.69) is 5.32 Å². The first-order valence-electron chi connectivity index (χ1n) is 4.64. The lowest BCUT2D eigenvalue weighted by atomic mass is 10.2. The van der Waals surface area contributed by atoms with Gasteiger partial charge >= 0.3 is 0 Å². The molecule has 0 spiro atoms. The van der Waals surface area contributed by atoms with Gasteiger partial charge in [0.15, 0.2) is 9.84 Å². The van der Waals surface area contributed by atoms with Crippen molar-refractivity contribution in [2.75, 3.05) is 18.1 Å². The first-order valence-corrected chi connectivity index (χ1v) is 6.47. The van der Waals surface area contributed by atoms with E-state index in [-0.39, 0.29) is 30.2 Å². The van der Waals surface area contributed by atoms with Gasteiger partial charge in [0.2, 0.25) is 0 Å². The molecule has 0 radical (unpaired) electrons. The smallest absolute Gasteiger partial charge is 0.151 e. The van der Waals surface area contributed by atoms with Crippen LogP contribution in [0.25, 0.3) is 0 Å². The van der Waals surface area contributed by atoms with Crippen LogP contribution < -0.4 is 5.32 Å². The summed E-state index contributed by atoms with van der Waals surface area (Å²) >= 11 is 0. The number of aliphatic hydroxyl groups is 1. The number of sulfone groups is 1. The Morgan fingerprint density at radius 3 is 2.69 bits per heavy atom. The van der Waals surface area contributed by atoms with Gasteiger partial charge in [-0.3, -0.25) is 0 Å². The Bertz CT molecular complexity index is 246. The van der Waals surface area contributed by atoms with E-state index in [9.17, 15) is 8.42 Å². The van der Waals surface area contributed by atoms with Gasteiger partial charge in [0, 0.05) is 12.1 Å². The maximum atomic E-state index is 11.1. The molecule has 78 valence electrons. The molecule has 1 saturated heterocycles. The largest absolute Gasteiger partial charge is 0.395 e. The van der Waals surface area contributed by atoms with Crippen molar-refractivity contribution in [1.29, 1.82) is 0 Å². The first kappa shape index (κ1) is 10.9. The Balaban J connectivity index is 2.39. The quantitative estimate of drug-likeness (QED) is 0.654. The van der Waals surface area contributed by atoms with Crippen molar-refractivity contribution in [3.8, 4) is 0 Å². The van der Waals surface area contributed by atoms with Crippen LogP contribution in [0.15, 0.2) is 0 Å². The van der Waals surface area contributed by atoms with Crippen molar-refractivity contribution >= 4 is 9.84 Å². The second-order valence-electron chi connectivity index (χ2n) is 3.55. The van der Waals surface area contributed by atoms with E-state index in [1.54, 1.807) is 0 Å². The Hall–Kier alpha value is -0.130. The van der Waals surface area contributed by atoms with Crippen LogP contribution in [0.4, 0.5) is 0 Å². The van der Waals surface area contributed by atoms with Gasteiger partial charge in [0.25, 0.3) is 0 Å². The van der Waals surface area contributed by atoms with Crippen LogP contribution >= 0.6 is 0 Å². The third-order valence-corrected chi connectivity index (χ3v) is 4.18. The van der Waals surface area contributed by atoms with E-state index < -0.39 is 9.84 Å². The number of nitrogens with one attached hydrogen (secondary N) is 1. The lowest BCUT2D eigenvalue weighted by Crippen LogP contribution is -2.40. The standard InChI is InChI=1S/C8H17NO3S/c1-2-7(5-10)9-8-3-4-13(11,12)6-8/h7-10H,2-6H2,1H3. The van der Waals surface area contributed by atoms with Crippen LogP contribution in [0.3, 0.4) is 0 Å². The number of hydrogen-bond donors (Lipinski definition) is 2. The van der Waals surface area contributed by atoms with Crippen molar-refractivity contribution in [2.45, 2.75) is 31.8 Å². The minimum Gasteiger partial charge on any atom is -0.395 e. The van der Waals surface area contributed by atoms with Gasteiger partial charge in [-0.15, -0.1) is 0 Å². The van der Waals surface area contributed by atoms with Crippen LogP contribution in [0.5, 0.6) is 0 Å². The van der Waals surface area contributed by atoms with Gasteiger partial charge in [0.1, 0.15) is 0 Å². The molecule has 0 aliphatic carbocycles. The summed E-state index contributed by atoms with van der Waals surface area (Å²) in [4.78, 5) is 0. The molecule has 0 aromatic rings. The molecule has 0 saturated carbocycles.